The summed E-state index contributed by atoms with van der Waals surface area (Å²) in [6.45, 7) is 5.18. The van der Waals surface area contributed by atoms with Crippen LogP contribution in [-0.2, 0) is 11.2 Å². The highest BCUT2D eigenvalue weighted by Crippen LogP contribution is 2.36. The van der Waals surface area contributed by atoms with Gasteiger partial charge in [-0.3, -0.25) is 4.79 Å². The van der Waals surface area contributed by atoms with Gasteiger partial charge in [0.2, 0.25) is 5.91 Å². The van der Waals surface area contributed by atoms with Gasteiger partial charge in [0.05, 0.1) is 24.8 Å². The number of nitrogens with zero attached hydrogens (tertiary/aromatic N) is 3. The van der Waals surface area contributed by atoms with Gasteiger partial charge in [-0.1, -0.05) is 12.1 Å². The molecule has 7 nitrogen and oxygen atoms in total. The van der Waals surface area contributed by atoms with Crippen LogP contribution in [0.25, 0.3) is 0 Å². The fraction of sp³-hybridized carbons (Fsp3) is 0.375. The quantitative estimate of drug-likeness (QED) is 0.664. The third-order valence-electron chi connectivity index (χ3n) is 5.79. The number of methoxy groups -OCH3 is 1. The van der Waals surface area contributed by atoms with Crippen molar-refractivity contribution in [1.29, 1.82) is 5.26 Å². The van der Waals surface area contributed by atoms with Crippen LogP contribution in [0.1, 0.15) is 24.0 Å². The minimum Gasteiger partial charge on any atom is -0.493 e. The third kappa shape index (κ3) is 4.64. The molecule has 4 rings (SSSR count). The molecule has 31 heavy (non-hydrogen) atoms. The number of nitriles is 1. The molecule has 0 radical (unpaired) electrons. The van der Waals surface area contributed by atoms with Crippen molar-refractivity contribution >= 4 is 11.7 Å². The number of amides is 1. The normalized spacial score (nSPS) is 20.1. The molecule has 2 heterocycles. The van der Waals surface area contributed by atoms with Crippen molar-refractivity contribution < 1.29 is 14.3 Å². The standard InChI is InChI=1S/C24H26N4O3/c1-3-4-16-5-6-21(30-2)22(9-16)31-20-11-18(12-20)24(29)27-19-14-28(15-19)23-10-17(13-25)7-8-26-23/h3,5-10,18-20H,1,4,11-12,14-15H2,2H3,(H,27,29). The highest BCUT2D eigenvalue weighted by Gasteiger charge is 2.39. The molecule has 1 saturated carbocycles. The van der Waals surface area contributed by atoms with E-state index in [1.807, 2.05) is 24.3 Å². The zero-order valence-corrected chi connectivity index (χ0v) is 17.6. The number of hydrogen-bond donors (Lipinski definition) is 1. The van der Waals surface area contributed by atoms with Crippen LogP contribution in [0, 0.1) is 17.2 Å². The molecule has 2 fully saturated rings. The zero-order valence-electron chi connectivity index (χ0n) is 17.6. The molecule has 1 aromatic heterocycles. The van der Waals surface area contributed by atoms with Gasteiger partial charge < -0.3 is 19.7 Å². The molecule has 0 atom stereocenters. The van der Waals surface area contributed by atoms with Crippen LogP contribution in [0.5, 0.6) is 11.5 Å². The Bertz CT molecular complexity index is 1000. The van der Waals surface area contributed by atoms with Gasteiger partial charge in [0.25, 0.3) is 0 Å². The van der Waals surface area contributed by atoms with Gasteiger partial charge in [-0.2, -0.15) is 5.26 Å². The lowest BCUT2D eigenvalue weighted by Crippen LogP contribution is -2.61. The fourth-order valence-electron chi connectivity index (χ4n) is 3.90. The lowest BCUT2D eigenvalue weighted by Gasteiger charge is -2.42. The fourth-order valence-corrected chi connectivity index (χ4v) is 3.90. The molecule has 0 spiro atoms. The van der Waals surface area contributed by atoms with E-state index < -0.39 is 0 Å². The largest absolute Gasteiger partial charge is 0.493 e. The number of hydrogen-bond acceptors (Lipinski definition) is 6. The van der Waals surface area contributed by atoms with Gasteiger partial charge >= 0.3 is 0 Å². The second kappa shape index (κ2) is 9.09. The molecule has 2 aromatic rings. The van der Waals surface area contributed by atoms with Crippen molar-refractivity contribution in [3.8, 4) is 17.6 Å². The Hall–Kier alpha value is -3.53. The second-order valence-corrected chi connectivity index (χ2v) is 8.01. The summed E-state index contributed by atoms with van der Waals surface area (Å²) in [7, 11) is 1.63. The molecule has 0 bridgehead atoms. The molecule has 1 N–H and O–H groups in total. The Kier molecular flexibility index (Phi) is 6.08. The van der Waals surface area contributed by atoms with E-state index in [4.69, 9.17) is 14.7 Å². The maximum atomic E-state index is 12.6. The second-order valence-electron chi connectivity index (χ2n) is 8.01. The molecule has 160 valence electrons. The minimum atomic E-state index is -0.0264. The van der Waals surface area contributed by atoms with Crippen LogP contribution < -0.4 is 19.7 Å². The molecule has 1 aliphatic heterocycles. The van der Waals surface area contributed by atoms with Crippen molar-refractivity contribution in [2.24, 2.45) is 5.92 Å². The van der Waals surface area contributed by atoms with Crippen LogP contribution in [0.3, 0.4) is 0 Å². The van der Waals surface area contributed by atoms with Crippen LogP contribution in [0.15, 0.2) is 49.2 Å². The number of anilines is 1. The average Bonchev–Trinajstić information content (AvgIpc) is 2.73. The van der Waals surface area contributed by atoms with Crippen molar-refractivity contribution in [2.75, 3.05) is 25.1 Å². The Morgan fingerprint density at radius 3 is 2.84 bits per heavy atom. The van der Waals surface area contributed by atoms with E-state index in [2.05, 4.69) is 27.8 Å². The highest BCUT2D eigenvalue weighted by atomic mass is 16.5. The molecular weight excluding hydrogens is 392 g/mol. The predicted molar refractivity (Wildman–Crippen MR) is 117 cm³/mol. The van der Waals surface area contributed by atoms with Crippen molar-refractivity contribution in [2.45, 2.75) is 31.4 Å². The van der Waals surface area contributed by atoms with Gasteiger partial charge in [0.15, 0.2) is 11.5 Å². The number of pyridine rings is 1. The van der Waals surface area contributed by atoms with Gasteiger partial charge in [0.1, 0.15) is 11.9 Å². The van der Waals surface area contributed by atoms with Crippen LogP contribution in [-0.4, -0.2) is 43.2 Å². The molecule has 2 aliphatic rings. The number of benzene rings is 1. The van der Waals surface area contributed by atoms with Gasteiger partial charge in [0, 0.05) is 25.2 Å². The predicted octanol–water partition coefficient (Wildman–Crippen LogP) is 2.85. The molecule has 0 unspecified atom stereocenters. The van der Waals surface area contributed by atoms with E-state index >= 15 is 0 Å². The topological polar surface area (TPSA) is 87.5 Å². The van der Waals surface area contributed by atoms with Gasteiger partial charge in [-0.05, 0) is 49.1 Å². The van der Waals surface area contributed by atoms with E-state index in [1.165, 1.54) is 0 Å². The molecular formula is C24H26N4O3. The van der Waals surface area contributed by atoms with Gasteiger partial charge in [-0.15, -0.1) is 6.58 Å². The number of carbonyl (C=O) groups excluding carboxylic acids is 1. The summed E-state index contributed by atoms with van der Waals surface area (Å²) in [5.74, 6) is 2.24. The molecule has 1 saturated heterocycles. The van der Waals surface area contributed by atoms with Gasteiger partial charge in [-0.25, -0.2) is 4.98 Å². The first kappa shape index (κ1) is 20.7. The van der Waals surface area contributed by atoms with E-state index in [9.17, 15) is 4.79 Å². The highest BCUT2D eigenvalue weighted by molar-refractivity contribution is 5.80. The summed E-state index contributed by atoms with van der Waals surface area (Å²) in [4.78, 5) is 18.9. The first-order valence-electron chi connectivity index (χ1n) is 10.5. The van der Waals surface area contributed by atoms with E-state index in [0.717, 1.165) is 17.8 Å². The van der Waals surface area contributed by atoms with Crippen LogP contribution in [0.4, 0.5) is 5.82 Å². The number of aromatic nitrogens is 1. The summed E-state index contributed by atoms with van der Waals surface area (Å²) < 4.78 is 11.5. The van der Waals surface area contributed by atoms with Crippen LogP contribution >= 0.6 is 0 Å². The number of ether oxygens (including phenoxy) is 2. The van der Waals surface area contributed by atoms with Crippen molar-refractivity contribution in [3.63, 3.8) is 0 Å². The van der Waals surface area contributed by atoms with Crippen LogP contribution in [0.2, 0.25) is 0 Å². The maximum absolute atomic E-state index is 12.6. The molecule has 7 heteroatoms. The minimum absolute atomic E-state index is 0.0134. The summed E-state index contributed by atoms with van der Waals surface area (Å²) in [5.41, 5.74) is 1.70. The zero-order chi connectivity index (χ0) is 21.8. The SMILES string of the molecule is C=CCc1ccc(OC)c(OC2CC(C(=O)NC3CN(c4cc(C#N)ccn4)C3)C2)c1. The Balaban J connectivity index is 1.23. The van der Waals surface area contributed by atoms with E-state index in [1.54, 1.807) is 25.4 Å². The van der Waals surface area contributed by atoms with Crippen molar-refractivity contribution in [1.82, 2.24) is 10.3 Å². The summed E-state index contributed by atoms with van der Waals surface area (Å²) in [5, 5.41) is 12.1. The van der Waals surface area contributed by atoms with Crippen molar-refractivity contribution in [3.05, 3.63) is 60.3 Å². The lowest BCUT2D eigenvalue weighted by molar-refractivity contribution is -0.131. The monoisotopic (exact) mass is 418 g/mol. The first-order valence-corrected chi connectivity index (χ1v) is 10.5. The molecule has 1 aliphatic carbocycles. The Labute approximate surface area is 182 Å². The Morgan fingerprint density at radius 1 is 1.32 bits per heavy atom. The number of carbonyl (C=O) groups is 1. The van der Waals surface area contributed by atoms with E-state index in [0.29, 0.717) is 43.0 Å². The number of allylic oxidation sites excluding steroid dienone is 1. The number of nitrogens with one attached hydrogen (secondary N) is 1. The molecule has 1 aromatic carbocycles. The summed E-state index contributed by atoms with van der Waals surface area (Å²) in [6, 6.07) is 11.6. The molecule has 1 amide bonds. The Morgan fingerprint density at radius 2 is 2.13 bits per heavy atom. The average molecular weight is 418 g/mol. The summed E-state index contributed by atoms with van der Waals surface area (Å²) in [6.07, 6.45) is 5.67. The first-order chi connectivity index (χ1) is 15.1. The van der Waals surface area contributed by atoms with E-state index in [-0.39, 0.29) is 24.0 Å². The number of rotatable bonds is 8. The lowest BCUT2D eigenvalue weighted by atomic mass is 9.81. The third-order valence-corrected chi connectivity index (χ3v) is 5.79. The maximum Gasteiger partial charge on any atom is 0.223 e. The smallest absolute Gasteiger partial charge is 0.223 e. The summed E-state index contributed by atoms with van der Waals surface area (Å²) >= 11 is 0.